The van der Waals surface area contributed by atoms with Gasteiger partial charge < -0.3 is 19.3 Å². The molecule has 0 aromatic heterocycles. The molecule has 0 bridgehead atoms. The number of nitrogens with zero attached hydrogens (tertiary/aromatic N) is 2. The summed E-state index contributed by atoms with van der Waals surface area (Å²) in [6.07, 6.45) is 2.64. The standard InChI is InChI=1S/C21H29N3O6S/c25-20(23-9-12-29-13-10-23)5-6-21(26)24-8-7-16-14-18(3-4-19(16)24)31(27,28)22-15-17-2-1-11-30-17/h3-4,14,17,22H,1-2,5-13,15H2/t17-/m1/s1. The van der Waals surface area contributed by atoms with Crippen LogP contribution in [-0.4, -0.2) is 77.2 Å². The van der Waals surface area contributed by atoms with E-state index in [0.717, 1.165) is 24.1 Å². The number of anilines is 1. The smallest absolute Gasteiger partial charge is 0.240 e. The fourth-order valence-electron chi connectivity index (χ4n) is 4.22. The molecule has 0 radical (unpaired) electrons. The molecular formula is C21H29N3O6S. The van der Waals surface area contributed by atoms with Crippen LogP contribution < -0.4 is 9.62 Å². The second-order valence-corrected chi connectivity index (χ2v) is 9.83. The summed E-state index contributed by atoms with van der Waals surface area (Å²) in [5, 5.41) is 0. The van der Waals surface area contributed by atoms with Crippen molar-refractivity contribution < 1.29 is 27.5 Å². The Hall–Kier alpha value is -2.01. The summed E-state index contributed by atoms with van der Waals surface area (Å²) in [6.45, 7) is 3.64. The minimum absolute atomic E-state index is 0.0326. The van der Waals surface area contributed by atoms with Crippen molar-refractivity contribution in [2.24, 2.45) is 0 Å². The number of carbonyl (C=O) groups is 2. The van der Waals surface area contributed by atoms with Gasteiger partial charge in [-0.1, -0.05) is 0 Å². The fourth-order valence-corrected chi connectivity index (χ4v) is 5.33. The van der Waals surface area contributed by atoms with E-state index < -0.39 is 10.0 Å². The van der Waals surface area contributed by atoms with E-state index in [9.17, 15) is 18.0 Å². The Balaban J connectivity index is 1.35. The van der Waals surface area contributed by atoms with Gasteiger partial charge in [0, 0.05) is 51.3 Å². The average molecular weight is 452 g/mol. The quantitative estimate of drug-likeness (QED) is 0.653. The molecule has 1 atom stereocenters. The molecule has 3 aliphatic heterocycles. The average Bonchev–Trinajstić information content (AvgIpc) is 3.46. The van der Waals surface area contributed by atoms with Crippen molar-refractivity contribution in [1.29, 1.82) is 0 Å². The largest absolute Gasteiger partial charge is 0.378 e. The first-order valence-electron chi connectivity index (χ1n) is 10.8. The molecule has 2 amide bonds. The minimum atomic E-state index is -3.63. The van der Waals surface area contributed by atoms with Gasteiger partial charge in [-0.15, -0.1) is 0 Å². The Kier molecular flexibility index (Phi) is 6.90. The number of fused-ring (bicyclic) bond motifs is 1. The zero-order valence-electron chi connectivity index (χ0n) is 17.5. The van der Waals surface area contributed by atoms with Gasteiger partial charge in [0.25, 0.3) is 0 Å². The molecule has 1 aromatic carbocycles. The van der Waals surface area contributed by atoms with Crippen molar-refractivity contribution in [3.05, 3.63) is 23.8 Å². The maximum atomic E-state index is 12.7. The molecule has 170 valence electrons. The van der Waals surface area contributed by atoms with Crippen molar-refractivity contribution in [1.82, 2.24) is 9.62 Å². The Morgan fingerprint density at radius 1 is 1.06 bits per heavy atom. The number of ether oxygens (including phenoxy) is 2. The second-order valence-electron chi connectivity index (χ2n) is 8.07. The van der Waals surface area contributed by atoms with Gasteiger partial charge in [-0.2, -0.15) is 0 Å². The molecule has 9 nitrogen and oxygen atoms in total. The lowest BCUT2D eigenvalue weighted by atomic mass is 10.2. The Morgan fingerprint density at radius 2 is 1.84 bits per heavy atom. The van der Waals surface area contributed by atoms with Crippen LogP contribution in [0.3, 0.4) is 0 Å². The van der Waals surface area contributed by atoms with Crippen LogP contribution in [0.5, 0.6) is 0 Å². The van der Waals surface area contributed by atoms with Crippen LogP contribution in [0, 0.1) is 0 Å². The first-order valence-corrected chi connectivity index (χ1v) is 12.3. The van der Waals surface area contributed by atoms with Gasteiger partial charge in [0.15, 0.2) is 0 Å². The predicted molar refractivity (Wildman–Crippen MR) is 113 cm³/mol. The molecule has 0 spiro atoms. The van der Waals surface area contributed by atoms with Crippen LogP contribution in [0.2, 0.25) is 0 Å². The van der Waals surface area contributed by atoms with Crippen molar-refractivity contribution in [3.63, 3.8) is 0 Å². The van der Waals surface area contributed by atoms with E-state index in [4.69, 9.17) is 9.47 Å². The highest BCUT2D eigenvalue weighted by Crippen LogP contribution is 2.31. The number of nitrogens with one attached hydrogen (secondary N) is 1. The SMILES string of the molecule is O=C(CCC(=O)N1CCc2cc(S(=O)(=O)NC[C@H]3CCCO3)ccc21)N1CCOCC1. The van der Waals surface area contributed by atoms with E-state index >= 15 is 0 Å². The number of hydrogen-bond acceptors (Lipinski definition) is 6. The van der Waals surface area contributed by atoms with Crippen LogP contribution in [0.1, 0.15) is 31.2 Å². The molecule has 10 heteroatoms. The van der Waals surface area contributed by atoms with Gasteiger partial charge in [0.2, 0.25) is 21.8 Å². The molecule has 31 heavy (non-hydrogen) atoms. The van der Waals surface area contributed by atoms with Crippen LogP contribution in [0.25, 0.3) is 0 Å². The molecule has 2 fully saturated rings. The summed E-state index contributed by atoms with van der Waals surface area (Å²) in [7, 11) is -3.63. The molecule has 2 saturated heterocycles. The first-order chi connectivity index (χ1) is 14.9. The highest BCUT2D eigenvalue weighted by molar-refractivity contribution is 7.89. The zero-order valence-corrected chi connectivity index (χ0v) is 18.4. The van der Waals surface area contributed by atoms with Gasteiger partial charge in [0.1, 0.15) is 0 Å². The van der Waals surface area contributed by atoms with Crippen molar-refractivity contribution in [3.8, 4) is 0 Å². The van der Waals surface area contributed by atoms with Crippen molar-refractivity contribution in [2.75, 3.05) is 50.9 Å². The number of hydrogen-bond donors (Lipinski definition) is 1. The molecule has 0 saturated carbocycles. The zero-order chi connectivity index (χ0) is 21.8. The normalized spacial score (nSPS) is 21.4. The molecule has 3 heterocycles. The number of sulfonamides is 1. The Bertz CT molecular complexity index is 923. The number of carbonyl (C=O) groups excluding carboxylic acids is 2. The Labute approximate surface area is 182 Å². The molecular weight excluding hydrogens is 422 g/mol. The molecule has 4 rings (SSSR count). The summed E-state index contributed by atoms with van der Waals surface area (Å²) in [4.78, 5) is 28.6. The molecule has 0 aliphatic carbocycles. The van der Waals surface area contributed by atoms with Gasteiger partial charge in [0.05, 0.1) is 24.2 Å². The number of amides is 2. The fraction of sp³-hybridized carbons (Fsp3) is 0.619. The minimum Gasteiger partial charge on any atom is -0.378 e. The van der Waals surface area contributed by atoms with E-state index in [-0.39, 0.29) is 42.2 Å². The maximum Gasteiger partial charge on any atom is 0.240 e. The highest BCUT2D eigenvalue weighted by Gasteiger charge is 2.28. The summed E-state index contributed by atoms with van der Waals surface area (Å²) in [6, 6.07) is 4.85. The van der Waals surface area contributed by atoms with Crippen LogP contribution in [-0.2, 0) is 35.5 Å². The van der Waals surface area contributed by atoms with Crippen LogP contribution >= 0.6 is 0 Å². The number of rotatable bonds is 7. The van der Waals surface area contributed by atoms with E-state index in [1.165, 1.54) is 6.07 Å². The number of morpholine rings is 1. The highest BCUT2D eigenvalue weighted by atomic mass is 32.2. The predicted octanol–water partition coefficient (Wildman–Crippen LogP) is 0.672. The summed E-state index contributed by atoms with van der Waals surface area (Å²) in [5.74, 6) is -0.151. The van der Waals surface area contributed by atoms with E-state index in [2.05, 4.69) is 4.72 Å². The first kappa shape index (κ1) is 22.2. The lowest BCUT2D eigenvalue weighted by Gasteiger charge is -2.27. The van der Waals surface area contributed by atoms with Crippen LogP contribution in [0.4, 0.5) is 5.69 Å². The summed E-state index contributed by atoms with van der Waals surface area (Å²) in [5.41, 5.74) is 1.55. The van der Waals surface area contributed by atoms with Gasteiger partial charge >= 0.3 is 0 Å². The Morgan fingerprint density at radius 3 is 2.58 bits per heavy atom. The van der Waals surface area contributed by atoms with Crippen LogP contribution in [0.15, 0.2) is 23.1 Å². The maximum absolute atomic E-state index is 12.7. The molecule has 1 N–H and O–H groups in total. The van der Waals surface area contributed by atoms with Gasteiger partial charge in [-0.3, -0.25) is 9.59 Å². The van der Waals surface area contributed by atoms with E-state index in [1.54, 1.807) is 21.9 Å². The third-order valence-corrected chi connectivity index (χ3v) is 7.42. The molecule has 0 unspecified atom stereocenters. The molecule has 3 aliphatic rings. The van der Waals surface area contributed by atoms with E-state index in [0.29, 0.717) is 45.9 Å². The van der Waals surface area contributed by atoms with Gasteiger partial charge in [-0.05, 0) is 43.0 Å². The lowest BCUT2D eigenvalue weighted by Crippen LogP contribution is -2.41. The van der Waals surface area contributed by atoms with Crippen molar-refractivity contribution >= 4 is 27.5 Å². The molecule has 1 aromatic rings. The number of benzene rings is 1. The summed E-state index contributed by atoms with van der Waals surface area (Å²) < 4.78 is 38.6. The van der Waals surface area contributed by atoms with Crippen molar-refractivity contribution in [2.45, 2.75) is 43.1 Å². The second kappa shape index (κ2) is 9.64. The lowest BCUT2D eigenvalue weighted by molar-refractivity contribution is -0.136. The monoisotopic (exact) mass is 451 g/mol. The third-order valence-electron chi connectivity index (χ3n) is 6.00. The third kappa shape index (κ3) is 5.25. The van der Waals surface area contributed by atoms with Gasteiger partial charge in [-0.25, -0.2) is 13.1 Å². The van der Waals surface area contributed by atoms with E-state index in [1.807, 2.05) is 0 Å². The summed E-state index contributed by atoms with van der Waals surface area (Å²) >= 11 is 0. The topological polar surface area (TPSA) is 105 Å².